The number of nitrogens with one attached hydrogen (secondary N) is 1. The van der Waals surface area contributed by atoms with Gasteiger partial charge in [0.2, 0.25) is 5.91 Å². The first-order valence-corrected chi connectivity index (χ1v) is 8.92. The molecule has 0 aliphatic rings. The van der Waals surface area contributed by atoms with E-state index in [-0.39, 0.29) is 11.9 Å². The van der Waals surface area contributed by atoms with E-state index in [1.165, 1.54) is 17.3 Å². The first-order valence-electron chi connectivity index (χ1n) is 7.93. The summed E-state index contributed by atoms with van der Waals surface area (Å²) in [5, 5.41) is 12.3. The first kappa shape index (κ1) is 17.5. The van der Waals surface area contributed by atoms with Crippen LogP contribution in [-0.4, -0.2) is 32.5 Å². The van der Waals surface area contributed by atoms with E-state index in [2.05, 4.69) is 48.4 Å². The number of hydrogen-bond donors (Lipinski definition) is 1. The van der Waals surface area contributed by atoms with Gasteiger partial charge in [0.25, 0.3) is 0 Å². The van der Waals surface area contributed by atoms with Gasteiger partial charge in [-0.1, -0.05) is 49.4 Å². The summed E-state index contributed by atoms with van der Waals surface area (Å²) in [5.74, 6) is 1.22. The van der Waals surface area contributed by atoms with Crippen molar-refractivity contribution in [3.05, 3.63) is 29.8 Å². The molecule has 0 fully saturated rings. The lowest BCUT2D eigenvalue weighted by molar-refractivity contribution is -0.119. The minimum atomic E-state index is 0.0452. The Morgan fingerprint density at radius 2 is 2.04 bits per heavy atom. The van der Waals surface area contributed by atoms with E-state index in [1.807, 2.05) is 23.7 Å². The third kappa shape index (κ3) is 4.58. The molecule has 1 amide bonds. The Hall–Kier alpha value is -1.82. The molecule has 0 atom stereocenters. The lowest BCUT2D eigenvalue weighted by atomic mass is 10.1. The van der Waals surface area contributed by atoms with Gasteiger partial charge in [-0.3, -0.25) is 4.79 Å². The SMILES string of the molecule is CCC(CC)NC(=O)CSc1nnc(-c2cccc(C)c2)n1C. The Morgan fingerprint density at radius 1 is 1.30 bits per heavy atom. The highest BCUT2D eigenvalue weighted by atomic mass is 32.2. The molecular weight excluding hydrogens is 308 g/mol. The van der Waals surface area contributed by atoms with Crippen LogP contribution < -0.4 is 5.32 Å². The van der Waals surface area contributed by atoms with Crippen LogP contribution in [0.1, 0.15) is 32.3 Å². The van der Waals surface area contributed by atoms with E-state index >= 15 is 0 Å². The fraction of sp³-hybridized carbons (Fsp3) is 0.471. The van der Waals surface area contributed by atoms with E-state index in [4.69, 9.17) is 0 Å². The van der Waals surface area contributed by atoms with E-state index < -0.39 is 0 Å². The van der Waals surface area contributed by atoms with E-state index in [1.54, 1.807) is 0 Å². The number of thioether (sulfide) groups is 1. The van der Waals surface area contributed by atoms with Crippen LogP contribution in [0.15, 0.2) is 29.4 Å². The summed E-state index contributed by atoms with van der Waals surface area (Å²) in [6.45, 7) is 6.22. The lowest BCUT2D eigenvalue weighted by Gasteiger charge is -2.14. The van der Waals surface area contributed by atoms with Gasteiger partial charge in [-0.2, -0.15) is 0 Å². The van der Waals surface area contributed by atoms with Gasteiger partial charge in [0.1, 0.15) is 0 Å². The predicted octanol–water partition coefficient (Wildman–Crippen LogP) is 3.19. The molecule has 0 aliphatic carbocycles. The summed E-state index contributed by atoms with van der Waals surface area (Å²) < 4.78 is 1.93. The zero-order valence-electron chi connectivity index (χ0n) is 14.2. The summed E-state index contributed by atoms with van der Waals surface area (Å²) in [5.41, 5.74) is 2.22. The van der Waals surface area contributed by atoms with Gasteiger partial charge in [0.05, 0.1) is 5.75 Å². The van der Waals surface area contributed by atoms with Gasteiger partial charge in [-0.15, -0.1) is 10.2 Å². The van der Waals surface area contributed by atoms with Crippen LogP contribution >= 0.6 is 11.8 Å². The molecule has 23 heavy (non-hydrogen) atoms. The number of rotatable bonds is 7. The molecule has 0 radical (unpaired) electrons. The summed E-state index contributed by atoms with van der Waals surface area (Å²) in [6, 6.07) is 8.42. The fourth-order valence-corrected chi connectivity index (χ4v) is 3.09. The molecule has 0 unspecified atom stereocenters. The van der Waals surface area contributed by atoms with Crippen LogP contribution in [0.3, 0.4) is 0 Å². The van der Waals surface area contributed by atoms with Gasteiger partial charge in [-0.05, 0) is 25.8 Å². The van der Waals surface area contributed by atoms with E-state index in [0.717, 1.165) is 29.4 Å². The Kier molecular flexibility index (Phi) is 6.21. The molecule has 0 bridgehead atoms. The summed E-state index contributed by atoms with van der Waals surface area (Å²) in [7, 11) is 1.93. The van der Waals surface area contributed by atoms with Crippen molar-refractivity contribution in [2.45, 2.75) is 44.8 Å². The van der Waals surface area contributed by atoms with Gasteiger partial charge in [0.15, 0.2) is 11.0 Å². The average molecular weight is 332 g/mol. The van der Waals surface area contributed by atoms with Gasteiger partial charge in [-0.25, -0.2) is 0 Å². The number of hydrogen-bond acceptors (Lipinski definition) is 4. The molecule has 0 saturated heterocycles. The highest BCUT2D eigenvalue weighted by Crippen LogP contribution is 2.23. The predicted molar refractivity (Wildman–Crippen MR) is 94.4 cm³/mol. The second-order valence-electron chi connectivity index (χ2n) is 5.60. The first-order chi connectivity index (χ1) is 11.0. The van der Waals surface area contributed by atoms with Crippen molar-refractivity contribution < 1.29 is 4.79 Å². The molecule has 1 aromatic carbocycles. The summed E-state index contributed by atoms with van der Waals surface area (Å²) >= 11 is 1.42. The Labute approximate surface area is 141 Å². The zero-order chi connectivity index (χ0) is 16.8. The van der Waals surface area contributed by atoms with Crippen molar-refractivity contribution in [1.29, 1.82) is 0 Å². The van der Waals surface area contributed by atoms with E-state index in [0.29, 0.717) is 5.75 Å². The molecule has 0 spiro atoms. The Morgan fingerprint density at radius 3 is 2.70 bits per heavy atom. The molecule has 5 nitrogen and oxygen atoms in total. The van der Waals surface area contributed by atoms with Crippen LogP contribution in [0.25, 0.3) is 11.4 Å². The molecule has 0 aliphatic heterocycles. The number of carbonyl (C=O) groups is 1. The third-order valence-corrected chi connectivity index (χ3v) is 4.81. The zero-order valence-corrected chi connectivity index (χ0v) is 15.0. The van der Waals surface area contributed by atoms with Crippen molar-refractivity contribution >= 4 is 17.7 Å². The Balaban J connectivity index is 2.01. The maximum atomic E-state index is 12.0. The third-order valence-electron chi connectivity index (χ3n) is 3.79. The molecule has 0 saturated carbocycles. The number of amides is 1. The van der Waals surface area contributed by atoms with Crippen LogP contribution in [-0.2, 0) is 11.8 Å². The number of benzene rings is 1. The monoisotopic (exact) mass is 332 g/mol. The average Bonchev–Trinajstić information content (AvgIpc) is 2.91. The topological polar surface area (TPSA) is 59.8 Å². The highest BCUT2D eigenvalue weighted by Gasteiger charge is 2.14. The fourth-order valence-electron chi connectivity index (χ4n) is 2.37. The standard InChI is InChI=1S/C17H24N4OS/c1-5-14(6-2)18-15(22)11-23-17-20-19-16(21(17)4)13-9-7-8-12(3)10-13/h7-10,14H,5-6,11H2,1-4H3,(H,18,22). The number of aromatic nitrogens is 3. The van der Waals surface area contributed by atoms with Gasteiger partial charge >= 0.3 is 0 Å². The molecule has 1 aromatic heterocycles. The number of aryl methyl sites for hydroxylation is 1. The Bertz CT molecular complexity index is 664. The molecule has 6 heteroatoms. The highest BCUT2D eigenvalue weighted by molar-refractivity contribution is 7.99. The maximum absolute atomic E-state index is 12.0. The smallest absolute Gasteiger partial charge is 0.230 e. The minimum Gasteiger partial charge on any atom is -0.353 e. The van der Waals surface area contributed by atoms with Crippen molar-refractivity contribution in [2.75, 3.05) is 5.75 Å². The van der Waals surface area contributed by atoms with Gasteiger partial charge in [0, 0.05) is 18.7 Å². The quantitative estimate of drug-likeness (QED) is 0.791. The summed E-state index contributed by atoms with van der Waals surface area (Å²) in [4.78, 5) is 12.0. The second kappa shape index (κ2) is 8.15. The molecule has 124 valence electrons. The van der Waals surface area contributed by atoms with Gasteiger partial charge < -0.3 is 9.88 Å². The molecular formula is C17H24N4OS. The maximum Gasteiger partial charge on any atom is 0.230 e. The van der Waals surface area contributed by atoms with Crippen LogP contribution in [0, 0.1) is 6.92 Å². The van der Waals surface area contributed by atoms with Crippen molar-refractivity contribution in [3.8, 4) is 11.4 Å². The van der Waals surface area contributed by atoms with Crippen LogP contribution in [0.4, 0.5) is 0 Å². The summed E-state index contributed by atoms with van der Waals surface area (Å²) in [6.07, 6.45) is 1.91. The number of carbonyl (C=O) groups excluding carboxylic acids is 1. The molecule has 1 N–H and O–H groups in total. The van der Waals surface area contributed by atoms with Crippen molar-refractivity contribution in [3.63, 3.8) is 0 Å². The molecule has 2 rings (SSSR count). The molecule has 2 aromatic rings. The number of nitrogens with zero attached hydrogens (tertiary/aromatic N) is 3. The van der Waals surface area contributed by atoms with E-state index in [9.17, 15) is 4.79 Å². The van der Waals surface area contributed by atoms with Crippen molar-refractivity contribution in [1.82, 2.24) is 20.1 Å². The second-order valence-corrected chi connectivity index (χ2v) is 6.55. The van der Waals surface area contributed by atoms with Crippen molar-refractivity contribution in [2.24, 2.45) is 7.05 Å². The normalized spacial score (nSPS) is 11.0. The largest absolute Gasteiger partial charge is 0.353 e. The minimum absolute atomic E-state index is 0.0452. The van der Waals surface area contributed by atoms with Crippen LogP contribution in [0.5, 0.6) is 0 Å². The lowest BCUT2D eigenvalue weighted by Crippen LogP contribution is -2.35. The molecule has 1 heterocycles. The van der Waals surface area contributed by atoms with Crippen LogP contribution in [0.2, 0.25) is 0 Å².